The fraction of sp³-hybridized carbons (Fsp3) is 0.818. The summed E-state index contributed by atoms with van der Waals surface area (Å²) in [5, 5.41) is 2.57. The van der Waals surface area contributed by atoms with Crippen LogP contribution in [0.15, 0.2) is 0 Å². The number of carbonyl (C=O) groups is 2. The number of nitrogens with zero attached hydrogens (tertiary/aromatic N) is 1. The van der Waals surface area contributed by atoms with Crippen molar-refractivity contribution in [3.63, 3.8) is 0 Å². The SMILES string of the molecule is CCOC(=O)CNC(=O)N1CCC(CC)C1. The Balaban J connectivity index is 2.23. The molecule has 0 aromatic heterocycles. The van der Waals surface area contributed by atoms with Crippen molar-refractivity contribution in [1.29, 1.82) is 0 Å². The topological polar surface area (TPSA) is 58.6 Å². The summed E-state index contributed by atoms with van der Waals surface area (Å²) in [5.41, 5.74) is 0. The molecule has 2 amide bonds. The summed E-state index contributed by atoms with van der Waals surface area (Å²) >= 11 is 0. The quantitative estimate of drug-likeness (QED) is 0.730. The Bertz CT molecular complexity index is 256. The van der Waals surface area contributed by atoms with E-state index in [0.717, 1.165) is 25.9 Å². The van der Waals surface area contributed by atoms with E-state index in [1.807, 2.05) is 0 Å². The van der Waals surface area contributed by atoms with Gasteiger partial charge in [0.1, 0.15) is 6.54 Å². The molecule has 0 spiro atoms. The Morgan fingerprint density at radius 1 is 1.44 bits per heavy atom. The largest absolute Gasteiger partial charge is 0.465 e. The number of nitrogens with one attached hydrogen (secondary N) is 1. The number of ether oxygens (including phenoxy) is 1. The van der Waals surface area contributed by atoms with Crippen LogP contribution in [0.2, 0.25) is 0 Å². The third kappa shape index (κ3) is 3.72. The lowest BCUT2D eigenvalue weighted by Crippen LogP contribution is -2.41. The molecule has 0 aromatic rings. The minimum atomic E-state index is -0.387. The van der Waals surface area contributed by atoms with Crippen molar-refractivity contribution in [1.82, 2.24) is 10.2 Å². The van der Waals surface area contributed by atoms with E-state index in [2.05, 4.69) is 12.2 Å². The highest BCUT2D eigenvalue weighted by Crippen LogP contribution is 2.18. The smallest absolute Gasteiger partial charge is 0.325 e. The zero-order valence-electron chi connectivity index (χ0n) is 9.99. The van der Waals surface area contributed by atoms with Gasteiger partial charge in [0, 0.05) is 13.1 Å². The first-order valence-electron chi connectivity index (χ1n) is 5.85. The standard InChI is InChI=1S/C11H20N2O3/c1-3-9-5-6-13(8-9)11(15)12-7-10(14)16-4-2/h9H,3-8H2,1-2H3,(H,12,15). The molecule has 0 bridgehead atoms. The van der Waals surface area contributed by atoms with Crippen LogP contribution < -0.4 is 5.32 Å². The Hall–Kier alpha value is -1.26. The van der Waals surface area contributed by atoms with Crippen molar-refractivity contribution in [2.45, 2.75) is 26.7 Å². The molecule has 0 aliphatic carbocycles. The summed E-state index contributed by atoms with van der Waals surface area (Å²) < 4.78 is 4.73. The van der Waals surface area contributed by atoms with E-state index in [9.17, 15) is 9.59 Å². The number of hydrogen-bond donors (Lipinski definition) is 1. The highest BCUT2D eigenvalue weighted by atomic mass is 16.5. The van der Waals surface area contributed by atoms with Gasteiger partial charge >= 0.3 is 12.0 Å². The Morgan fingerprint density at radius 2 is 2.19 bits per heavy atom. The number of likely N-dealkylation sites (tertiary alicyclic amines) is 1. The third-order valence-electron chi connectivity index (χ3n) is 2.84. The van der Waals surface area contributed by atoms with E-state index in [-0.39, 0.29) is 18.5 Å². The molecule has 1 aliphatic heterocycles. The predicted molar refractivity (Wildman–Crippen MR) is 60.0 cm³/mol. The molecule has 1 N–H and O–H groups in total. The fourth-order valence-corrected chi connectivity index (χ4v) is 1.82. The second-order valence-electron chi connectivity index (χ2n) is 3.97. The molecule has 0 aromatic carbocycles. The number of urea groups is 1. The molecule has 1 heterocycles. The number of carbonyl (C=O) groups excluding carboxylic acids is 2. The van der Waals surface area contributed by atoms with Gasteiger partial charge in [0.05, 0.1) is 6.61 Å². The van der Waals surface area contributed by atoms with Crippen LogP contribution in [0.5, 0.6) is 0 Å². The van der Waals surface area contributed by atoms with Crippen LogP contribution in [0.4, 0.5) is 4.79 Å². The van der Waals surface area contributed by atoms with Crippen LogP contribution >= 0.6 is 0 Å². The summed E-state index contributed by atoms with van der Waals surface area (Å²) in [6.07, 6.45) is 2.16. The second-order valence-corrected chi connectivity index (χ2v) is 3.97. The Labute approximate surface area is 96.1 Å². The summed E-state index contributed by atoms with van der Waals surface area (Å²) in [7, 11) is 0. The lowest BCUT2D eigenvalue weighted by atomic mass is 10.1. The van der Waals surface area contributed by atoms with E-state index in [0.29, 0.717) is 12.5 Å². The van der Waals surface area contributed by atoms with E-state index < -0.39 is 0 Å². The molecule has 0 radical (unpaired) electrons. The van der Waals surface area contributed by atoms with Crippen molar-refractivity contribution < 1.29 is 14.3 Å². The molecule has 1 atom stereocenters. The number of hydrogen-bond acceptors (Lipinski definition) is 3. The zero-order chi connectivity index (χ0) is 12.0. The highest BCUT2D eigenvalue weighted by molar-refractivity contribution is 5.80. The fourth-order valence-electron chi connectivity index (χ4n) is 1.82. The van der Waals surface area contributed by atoms with Crippen LogP contribution in [-0.2, 0) is 9.53 Å². The van der Waals surface area contributed by atoms with Gasteiger partial charge in [-0.3, -0.25) is 4.79 Å². The van der Waals surface area contributed by atoms with Crippen molar-refractivity contribution in [3.05, 3.63) is 0 Å². The molecule has 16 heavy (non-hydrogen) atoms. The van der Waals surface area contributed by atoms with Gasteiger partial charge in [0.25, 0.3) is 0 Å². The average molecular weight is 228 g/mol. The maximum atomic E-state index is 11.6. The monoisotopic (exact) mass is 228 g/mol. The Morgan fingerprint density at radius 3 is 2.75 bits per heavy atom. The molecule has 1 saturated heterocycles. The summed E-state index contributed by atoms with van der Waals surface area (Å²) in [6.45, 7) is 5.76. The van der Waals surface area contributed by atoms with Gasteiger partial charge in [-0.15, -0.1) is 0 Å². The molecular weight excluding hydrogens is 208 g/mol. The van der Waals surface area contributed by atoms with Crippen molar-refractivity contribution in [2.75, 3.05) is 26.2 Å². The lowest BCUT2D eigenvalue weighted by Gasteiger charge is -2.16. The first kappa shape index (κ1) is 12.8. The average Bonchev–Trinajstić information content (AvgIpc) is 2.75. The maximum absolute atomic E-state index is 11.6. The van der Waals surface area contributed by atoms with Crippen LogP contribution in [0, 0.1) is 5.92 Å². The number of esters is 1. The van der Waals surface area contributed by atoms with Crippen molar-refractivity contribution >= 4 is 12.0 Å². The van der Waals surface area contributed by atoms with Crippen molar-refractivity contribution in [2.24, 2.45) is 5.92 Å². The predicted octanol–water partition coefficient (Wildman–Crippen LogP) is 0.991. The molecule has 1 unspecified atom stereocenters. The van der Waals surface area contributed by atoms with Gasteiger partial charge in [-0.25, -0.2) is 4.79 Å². The van der Waals surface area contributed by atoms with E-state index in [1.165, 1.54) is 0 Å². The van der Waals surface area contributed by atoms with E-state index in [1.54, 1.807) is 11.8 Å². The summed E-state index contributed by atoms with van der Waals surface area (Å²) in [6, 6.07) is -0.163. The highest BCUT2D eigenvalue weighted by Gasteiger charge is 2.24. The number of rotatable bonds is 4. The van der Waals surface area contributed by atoms with Gasteiger partial charge < -0.3 is 15.0 Å². The lowest BCUT2D eigenvalue weighted by molar-refractivity contribution is -0.141. The van der Waals surface area contributed by atoms with Crippen LogP contribution in [0.1, 0.15) is 26.7 Å². The molecule has 92 valence electrons. The van der Waals surface area contributed by atoms with E-state index >= 15 is 0 Å². The van der Waals surface area contributed by atoms with E-state index in [4.69, 9.17) is 4.74 Å². The van der Waals surface area contributed by atoms with Gasteiger partial charge in [-0.05, 0) is 19.3 Å². The van der Waals surface area contributed by atoms with Crippen LogP contribution in [0.25, 0.3) is 0 Å². The molecule has 1 rings (SSSR count). The Kier molecular flexibility index (Phi) is 5.08. The summed E-state index contributed by atoms with van der Waals surface area (Å²) in [4.78, 5) is 24.4. The minimum absolute atomic E-state index is 0.0417. The molecule has 5 nitrogen and oxygen atoms in total. The number of amides is 2. The van der Waals surface area contributed by atoms with Crippen LogP contribution in [-0.4, -0.2) is 43.1 Å². The first-order chi connectivity index (χ1) is 7.67. The first-order valence-corrected chi connectivity index (χ1v) is 5.85. The van der Waals surface area contributed by atoms with Gasteiger partial charge in [-0.2, -0.15) is 0 Å². The maximum Gasteiger partial charge on any atom is 0.325 e. The van der Waals surface area contributed by atoms with Crippen molar-refractivity contribution in [3.8, 4) is 0 Å². The van der Waals surface area contributed by atoms with Gasteiger partial charge in [0.2, 0.25) is 0 Å². The molecular formula is C11H20N2O3. The molecule has 1 fully saturated rings. The molecule has 0 saturated carbocycles. The second kappa shape index (κ2) is 6.35. The minimum Gasteiger partial charge on any atom is -0.465 e. The third-order valence-corrected chi connectivity index (χ3v) is 2.84. The normalized spacial score (nSPS) is 19.6. The van der Waals surface area contributed by atoms with Crippen LogP contribution in [0.3, 0.4) is 0 Å². The van der Waals surface area contributed by atoms with Gasteiger partial charge in [0.15, 0.2) is 0 Å². The summed E-state index contributed by atoms with van der Waals surface area (Å²) in [5.74, 6) is 0.218. The molecule has 5 heteroatoms. The zero-order valence-corrected chi connectivity index (χ0v) is 9.99. The molecule has 1 aliphatic rings. The van der Waals surface area contributed by atoms with Gasteiger partial charge in [-0.1, -0.05) is 13.3 Å².